The van der Waals surface area contributed by atoms with Crippen LogP contribution in [0.4, 0.5) is 0 Å². The number of piperidine rings is 1. The number of carbonyl (C=O) groups excluding carboxylic acids is 1. The molecule has 1 unspecified atom stereocenters. The van der Waals surface area contributed by atoms with Gasteiger partial charge in [-0.15, -0.1) is 0 Å². The maximum atomic E-state index is 10.2. The summed E-state index contributed by atoms with van der Waals surface area (Å²) in [6, 6.07) is 0. The highest BCUT2D eigenvalue weighted by Gasteiger charge is 2.15. The SMILES string of the molecule is CCC.CN1CCCC(CC=O)C1. The highest BCUT2D eigenvalue weighted by Crippen LogP contribution is 2.16. The van der Waals surface area contributed by atoms with Crippen LogP contribution >= 0.6 is 0 Å². The van der Waals surface area contributed by atoms with E-state index in [1.54, 1.807) is 0 Å². The van der Waals surface area contributed by atoms with Crippen LogP contribution in [0.25, 0.3) is 0 Å². The van der Waals surface area contributed by atoms with Gasteiger partial charge in [-0.3, -0.25) is 0 Å². The summed E-state index contributed by atoms with van der Waals surface area (Å²) in [5.41, 5.74) is 0. The Labute approximate surface area is 82.3 Å². The van der Waals surface area contributed by atoms with Crippen molar-refractivity contribution in [2.75, 3.05) is 20.1 Å². The second kappa shape index (κ2) is 8.24. The largest absolute Gasteiger partial charge is 0.306 e. The molecule has 0 aromatic carbocycles. The average molecular weight is 185 g/mol. The lowest BCUT2D eigenvalue weighted by molar-refractivity contribution is -0.108. The van der Waals surface area contributed by atoms with Gasteiger partial charge in [-0.1, -0.05) is 20.3 Å². The van der Waals surface area contributed by atoms with Gasteiger partial charge in [0.25, 0.3) is 0 Å². The van der Waals surface area contributed by atoms with Crippen LogP contribution in [0.2, 0.25) is 0 Å². The molecule has 0 aliphatic carbocycles. The smallest absolute Gasteiger partial charge is 0.120 e. The maximum Gasteiger partial charge on any atom is 0.120 e. The van der Waals surface area contributed by atoms with Gasteiger partial charge in [0.05, 0.1) is 0 Å². The molecular weight excluding hydrogens is 162 g/mol. The van der Waals surface area contributed by atoms with Crippen molar-refractivity contribution in [2.24, 2.45) is 5.92 Å². The molecule has 2 heteroatoms. The van der Waals surface area contributed by atoms with Gasteiger partial charge >= 0.3 is 0 Å². The molecule has 0 saturated carbocycles. The summed E-state index contributed by atoms with van der Waals surface area (Å²) in [4.78, 5) is 12.5. The van der Waals surface area contributed by atoms with Crippen molar-refractivity contribution >= 4 is 6.29 Å². The molecule has 0 spiro atoms. The van der Waals surface area contributed by atoms with Gasteiger partial charge in [-0.05, 0) is 32.4 Å². The average Bonchev–Trinajstić information content (AvgIpc) is 2.06. The zero-order valence-corrected chi connectivity index (χ0v) is 9.25. The minimum atomic E-state index is 0.635. The Morgan fingerprint density at radius 2 is 2.08 bits per heavy atom. The normalized spacial score (nSPS) is 23.2. The van der Waals surface area contributed by atoms with E-state index in [0.717, 1.165) is 19.3 Å². The van der Waals surface area contributed by atoms with Crippen molar-refractivity contribution in [1.82, 2.24) is 4.90 Å². The summed E-state index contributed by atoms with van der Waals surface area (Å²) in [5, 5.41) is 0. The van der Waals surface area contributed by atoms with E-state index < -0.39 is 0 Å². The first-order chi connectivity index (χ1) is 6.24. The molecule has 78 valence electrons. The zero-order valence-electron chi connectivity index (χ0n) is 9.25. The van der Waals surface area contributed by atoms with Crippen molar-refractivity contribution < 1.29 is 4.79 Å². The summed E-state index contributed by atoms with van der Waals surface area (Å²) < 4.78 is 0. The second-order valence-electron chi connectivity index (χ2n) is 3.88. The molecule has 1 aliphatic heterocycles. The first kappa shape index (κ1) is 12.6. The highest BCUT2D eigenvalue weighted by atomic mass is 16.1. The summed E-state index contributed by atoms with van der Waals surface area (Å²) in [7, 11) is 2.12. The molecule has 1 fully saturated rings. The fourth-order valence-corrected chi connectivity index (χ4v) is 1.60. The van der Waals surface area contributed by atoms with Crippen molar-refractivity contribution in [2.45, 2.75) is 39.5 Å². The van der Waals surface area contributed by atoms with Crippen molar-refractivity contribution in [3.8, 4) is 0 Å². The molecule has 13 heavy (non-hydrogen) atoms. The van der Waals surface area contributed by atoms with Gasteiger partial charge in [0.1, 0.15) is 6.29 Å². The van der Waals surface area contributed by atoms with E-state index in [-0.39, 0.29) is 0 Å². The lowest BCUT2D eigenvalue weighted by Crippen LogP contribution is -2.32. The Morgan fingerprint density at radius 1 is 1.46 bits per heavy atom. The van der Waals surface area contributed by atoms with Crippen molar-refractivity contribution in [1.29, 1.82) is 0 Å². The molecule has 0 bridgehead atoms. The van der Waals surface area contributed by atoms with Crippen LogP contribution in [0, 0.1) is 5.92 Å². The highest BCUT2D eigenvalue weighted by molar-refractivity contribution is 5.49. The van der Waals surface area contributed by atoms with Gasteiger partial charge in [-0.2, -0.15) is 0 Å². The van der Waals surface area contributed by atoms with Gasteiger partial charge in [0.2, 0.25) is 0 Å². The van der Waals surface area contributed by atoms with E-state index in [4.69, 9.17) is 0 Å². The Bertz CT molecular complexity index is 125. The summed E-state index contributed by atoms with van der Waals surface area (Å²) in [6.45, 7) is 6.56. The number of rotatable bonds is 2. The second-order valence-corrected chi connectivity index (χ2v) is 3.88. The first-order valence-electron chi connectivity index (χ1n) is 5.36. The molecule has 1 heterocycles. The van der Waals surface area contributed by atoms with Crippen molar-refractivity contribution in [3.63, 3.8) is 0 Å². The lowest BCUT2D eigenvalue weighted by Gasteiger charge is -2.28. The van der Waals surface area contributed by atoms with Crippen LogP contribution < -0.4 is 0 Å². The summed E-state index contributed by atoms with van der Waals surface area (Å²) >= 11 is 0. The topological polar surface area (TPSA) is 20.3 Å². The van der Waals surface area contributed by atoms with Crippen LogP contribution in [0.3, 0.4) is 0 Å². The minimum absolute atomic E-state index is 0.635. The van der Waals surface area contributed by atoms with Gasteiger partial charge in [0, 0.05) is 13.0 Å². The zero-order chi connectivity index (χ0) is 10.1. The number of carbonyl (C=O) groups is 1. The standard InChI is InChI=1S/C8H15NO.C3H8/c1-9-5-2-3-8(7-9)4-6-10;1-3-2/h6,8H,2-5,7H2,1H3;3H2,1-2H3. The van der Waals surface area contributed by atoms with Gasteiger partial charge in [0.15, 0.2) is 0 Å². The summed E-state index contributed by atoms with van der Waals surface area (Å²) in [6.07, 6.45) is 5.55. The number of likely N-dealkylation sites (tertiary alicyclic amines) is 1. The number of nitrogens with zero attached hydrogens (tertiary/aromatic N) is 1. The predicted octanol–water partition coefficient (Wildman–Crippen LogP) is 2.33. The number of hydrogen-bond acceptors (Lipinski definition) is 2. The predicted molar refractivity (Wildman–Crippen MR) is 56.9 cm³/mol. The molecule has 1 rings (SSSR count). The first-order valence-corrected chi connectivity index (χ1v) is 5.36. The molecule has 0 aromatic rings. The third-order valence-corrected chi connectivity index (χ3v) is 2.15. The van der Waals surface area contributed by atoms with Crippen LogP contribution in [0.1, 0.15) is 39.5 Å². The van der Waals surface area contributed by atoms with Crippen LogP contribution in [-0.2, 0) is 4.79 Å². The molecule has 0 radical (unpaired) electrons. The van der Waals surface area contributed by atoms with E-state index >= 15 is 0 Å². The van der Waals surface area contributed by atoms with Crippen LogP contribution in [0.5, 0.6) is 0 Å². The van der Waals surface area contributed by atoms with Crippen LogP contribution in [-0.4, -0.2) is 31.3 Å². The van der Waals surface area contributed by atoms with Gasteiger partial charge in [-0.25, -0.2) is 0 Å². The molecule has 2 nitrogen and oxygen atoms in total. The van der Waals surface area contributed by atoms with Gasteiger partial charge < -0.3 is 9.69 Å². The van der Waals surface area contributed by atoms with E-state index in [0.29, 0.717) is 5.92 Å². The van der Waals surface area contributed by atoms with E-state index in [1.165, 1.54) is 25.8 Å². The van der Waals surface area contributed by atoms with Crippen molar-refractivity contribution in [3.05, 3.63) is 0 Å². The Kier molecular flexibility index (Phi) is 8.00. The fraction of sp³-hybridized carbons (Fsp3) is 0.909. The van der Waals surface area contributed by atoms with E-state index in [1.807, 2.05) is 0 Å². The van der Waals surface area contributed by atoms with Crippen LogP contribution in [0.15, 0.2) is 0 Å². The Morgan fingerprint density at radius 3 is 2.54 bits per heavy atom. The minimum Gasteiger partial charge on any atom is -0.306 e. The fourth-order valence-electron chi connectivity index (χ4n) is 1.60. The molecule has 1 saturated heterocycles. The quantitative estimate of drug-likeness (QED) is 0.615. The molecular formula is C11H23NO. The number of aldehydes is 1. The number of hydrogen-bond donors (Lipinski definition) is 0. The molecule has 1 aliphatic rings. The lowest BCUT2D eigenvalue weighted by atomic mass is 9.96. The molecule has 0 N–H and O–H groups in total. The molecule has 1 atom stereocenters. The monoisotopic (exact) mass is 185 g/mol. The van der Waals surface area contributed by atoms with E-state index in [9.17, 15) is 4.79 Å². The molecule has 0 amide bonds. The van der Waals surface area contributed by atoms with E-state index in [2.05, 4.69) is 25.8 Å². The Hall–Kier alpha value is -0.370. The summed E-state index contributed by atoms with van der Waals surface area (Å²) in [5.74, 6) is 0.635. The molecule has 0 aromatic heterocycles. The third kappa shape index (κ3) is 6.76. The third-order valence-electron chi connectivity index (χ3n) is 2.15. The Balaban J connectivity index is 0.000000424. The maximum absolute atomic E-state index is 10.2.